The summed E-state index contributed by atoms with van der Waals surface area (Å²) < 4.78 is 46.1. The number of amides is 2. The lowest BCUT2D eigenvalue weighted by Gasteiger charge is -2.23. The molecule has 7 rings (SSSR count). The largest absolute Gasteiger partial charge is 0.465 e. The van der Waals surface area contributed by atoms with Gasteiger partial charge >= 0.3 is 0 Å². The summed E-state index contributed by atoms with van der Waals surface area (Å²) in [5, 5.41) is 15.6. The van der Waals surface area contributed by atoms with Gasteiger partial charge in [-0.25, -0.2) is 8.78 Å². The number of carbonyl (C=O) groups is 4. The number of hydrogen-bond acceptors (Lipinski definition) is 16. The first-order valence-corrected chi connectivity index (χ1v) is 22.0. The highest BCUT2D eigenvalue weighted by atomic mass is 35.5. The van der Waals surface area contributed by atoms with Crippen molar-refractivity contribution in [2.45, 2.75) is 27.2 Å². The molecular weight excluding hydrogens is 928 g/mol. The fourth-order valence-corrected chi connectivity index (χ4v) is 6.78. The van der Waals surface area contributed by atoms with Crippen molar-refractivity contribution in [3.8, 4) is 17.2 Å². The maximum atomic E-state index is 14.7. The summed E-state index contributed by atoms with van der Waals surface area (Å²) in [6, 6.07) is 21.3. The predicted octanol–water partition coefficient (Wildman–Crippen LogP) is 6.65. The SMILES string of the molecule is C=C1C=Cc2ccc(O/C=C/C(=O)N(C)c3cccc(F)c3C3=NNC(C(C)=O)=NN3)cc2O1.CCCN(CCCl)c1ccc(O/C=C/C(=O)N(C)c2cccc(F)c2C2=NNC(C(C)=O)=NN2)cc1. The van der Waals surface area contributed by atoms with Crippen molar-refractivity contribution in [2.75, 3.05) is 47.8 Å². The Labute approximate surface area is 407 Å². The van der Waals surface area contributed by atoms with Crippen molar-refractivity contribution in [1.29, 1.82) is 0 Å². The lowest BCUT2D eigenvalue weighted by molar-refractivity contribution is -0.114. The number of nitrogens with one attached hydrogen (secondary N) is 4. The van der Waals surface area contributed by atoms with Crippen LogP contribution in [0.25, 0.3) is 6.08 Å². The lowest BCUT2D eigenvalue weighted by atomic mass is 10.1. The van der Waals surface area contributed by atoms with E-state index in [1.165, 1.54) is 86.7 Å². The summed E-state index contributed by atoms with van der Waals surface area (Å²) in [4.78, 5) is 53.0. The van der Waals surface area contributed by atoms with Gasteiger partial charge in [0.05, 0.1) is 35.0 Å². The van der Waals surface area contributed by atoms with Crippen molar-refractivity contribution in [3.63, 3.8) is 0 Å². The predicted molar refractivity (Wildman–Crippen MR) is 266 cm³/mol. The number of hydrogen-bond donors (Lipinski definition) is 4. The van der Waals surface area contributed by atoms with Crippen molar-refractivity contribution in [3.05, 3.63) is 150 Å². The molecule has 0 saturated carbocycles. The fourth-order valence-electron chi connectivity index (χ4n) is 6.58. The average molecular weight is 976 g/mol. The van der Waals surface area contributed by atoms with Gasteiger partial charge in [0.25, 0.3) is 11.8 Å². The number of nitrogens with zero attached hydrogens (tertiary/aromatic N) is 7. The van der Waals surface area contributed by atoms with Gasteiger partial charge in [0.15, 0.2) is 23.2 Å². The number of anilines is 3. The molecule has 0 unspecified atom stereocenters. The molecule has 362 valence electrons. The van der Waals surface area contributed by atoms with Crippen LogP contribution in [-0.2, 0) is 19.2 Å². The Balaban J connectivity index is 0.000000230. The number of carbonyl (C=O) groups excluding carboxylic acids is 4. The number of halogens is 3. The van der Waals surface area contributed by atoms with E-state index in [9.17, 15) is 28.0 Å². The number of ketones is 2. The quantitative estimate of drug-likeness (QED) is 0.0499. The van der Waals surface area contributed by atoms with Crippen molar-refractivity contribution in [1.82, 2.24) is 21.7 Å². The molecule has 0 atom stereocenters. The zero-order valence-corrected chi connectivity index (χ0v) is 39.4. The first kappa shape index (κ1) is 50.8. The molecule has 21 heteroatoms. The second-order valence-corrected chi connectivity index (χ2v) is 15.5. The van der Waals surface area contributed by atoms with E-state index in [-0.39, 0.29) is 57.4 Å². The zero-order chi connectivity index (χ0) is 50.3. The summed E-state index contributed by atoms with van der Waals surface area (Å²) in [6.07, 6.45) is 9.59. The van der Waals surface area contributed by atoms with Gasteiger partial charge in [-0.2, -0.15) is 20.4 Å². The minimum Gasteiger partial charge on any atom is -0.465 e. The third-order valence-electron chi connectivity index (χ3n) is 10.2. The van der Waals surface area contributed by atoms with E-state index in [0.29, 0.717) is 28.9 Å². The number of allylic oxidation sites excluding steroid dienone is 1. The van der Waals surface area contributed by atoms with Gasteiger partial charge in [-0.1, -0.05) is 25.6 Å². The van der Waals surface area contributed by atoms with Crippen LogP contribution in [-0.4, -0.2) is 79.8 Å². The molecule has 0 bridgehead atoms. The molecule has 0 aliphatic carbocycles. The van der Waals surface area contributed by atoms with Crippen molar-refractivity contribution in [2.24, 2.45) is 20.4 Å². The molecule has 18 nitrogen and oxygen atoms in total. The Hall–Kier alpha value is -8.65. The minimum absolute atomic E-state index is 0.00615. The number of benzene rings is 4. The summed E-state index contributed by atoms with van der Waals surface area (Å²) in [5.41, 5.74) is 12.5. The molecule has 2 amide bonds. The second-order valence-electron chi connectivity index (χ2n) is 15.1. The van der Waals surface area contributed by atoms with Crippen LogP contribution in [0.5, 0.6) is 17.2 Å². The molecule has 0 spiro atoms. The summed E-state index contributed by atoms with van der Waals surface area (Å²) in [5.74, 6) is -0.159. The van der Waals surface area contributed by atoms with Crippen LogP contribution >= 0.6 is 11.6 Å². The highest BCUT2D eigenvalue weighted by molar-refractivity contribution is 6.39. The van der Waals surface area contributed by atoms with Gasteiger partial charge in [-0.3, -0.25) is 40.9 Å². The maximum Gasteiger partial charge on any atom is 0.253 e. The van der Waals surface area contributed by atoms with Gasteiger partial charge in [0, 0.05) is 76.4 Å². The molecule has 0 radical (unpaired) electrons. The maximum absolute atomic E-state index is 14.7. The van der Waals surface area contributed by atoms with Crippen LogP contribution in [0.15, 0.2) is 142 Å². The Morgan fingerprint density at radius 2 is 1.21 bits per heavy atom. The van der Waals surface area contributed by atoms with Crippen LogP contribution in [0.4, 0.5) is 25.8 Å². The van der Waals surface area contributed by atoms with Crippen LogP contribution < -0.4 is 50.6 Å². The second kappa shape index (κ2) is 23.9. The first-order valence-electron chi connectivity index (χ1n) is 21.4. The van der Waals surface area contributed by atoms with E-state index in [1.807, 2.05) is 36.4 Å². The first-order chi connectivity index (χ1) is 33.7. The van der Waals surface area contributed by atoms with Gasteiger partial charge in [0.2, 0.25) is 11.7 Å². The van der Waals surface area contributed by atoms with Crippen molar-refractivity contribution < 1.29 is 42.2 Å². The molecule has 4 N–H and O–H groups in total. The standard InChI is InChI=1S/C25H28ClFN6O3.C24H20FN5O4/c1-4-14-33(15-13-26)18-8-10-19(11-9-18)36-16-12-22(35)32(3)21-7-5-6-20(27)23(21)25-30-28-24(17(2)34)29-31-25;1-14-7-8-16-9-10-17(13-20(16)34-14)33-12-11-21(32)30(3)19-6-4-5-18(25)22(19)24-28-26-23(15(2)31)27-29-24/h5-12,16H,4,13-15H2,1-3H3,(H,28,29)(H,30,31);4-13H,1H2,2-3H3,(H,26,27)(H,28,29)/b16-12+;12-11+. The Morgan fingerprint density at radius 3 is 1.69 bits per heavy atom. The number of hydrazone groups is 4. The fraction of sp³-hybridized carbons (Fsp3) is 0.184. The van der Waals surface area contributed by atoms with Crippen LogP contribution in [0.3, 0.4) is 0 Å². The van der Waals surface area contributed by atoms with Gasteiger partial charge in [-0.15, -0.1) is 11.6 Å². The van der Waals surface area contributed by atoms with Crippen molar-refractivity contribution >= 4 is 81.5 Å². The van der Waals surface area contributed by atoms with Crippen LogP contribution in [0.2, 0.25) is 0 Å². The molecule has 0 saturated heterocycles. The van der Waals surface area contributed by atoms with E-state index in [0.717, 1.165) is 30.8 Å². The molecule has 4 aromatic rings. The third-order valence-corrected chi connectivity index (χ3v) is 10.3. The molecule has 0 aromatic heterocycles. The van der Waals surface area contributed by atoms with Gasteiger partial charge in [-0.05, 0) is 79.2 Å². The Bertz CT molecular complexity index is 2880. The van der Waals surface area contributed by atoms with E-state index >= 15 is 0 Å². The van der Waals surface area contributed by atoms with E-state index < -0.39 is 23.4 Å². The third kappa shape index (κ3) is 12.9. The van der Waals surface area contributed by atoms with Gasteiger partial charge < -0.3 is 28.9 Å². The Morgan fingerprint density at radius 1 is 0.700 bits per heavy atom. The monoisotopic (exact) mass is 975 g/mol. The van der Waals surface area contributed by atoms with E-state index in [4.69, 9.17) is 25.8 Å². The van der Waals surface area contributed by atoms with Gasteiger partial charge in [0.1, 0.15) is 34.6 Å². The molecule has 3 aliphatic heterocycles. The molecule has 0 fully saturated rings. The zero-order valence-electron chi connectivity index (χ0n) is 38.6. The van der Waals surface area contributed by atoms with Crippen LogP contribution in [0, 0.1) is 11.6 Å². The number of amidine groups is 4. The number of fused-ring (bicyclic) bond motifs is 1. The molecule has 4 aromatic carbocycles. The molecule has 3 aliphatic rings. The number of alkyl halides is 1. The minimum atomic E-state index is -0.628. The summed E-state index contributed by atoms with van der Waals surface area (Å²) >= 11 is 5.90. The number of likely N-dealkylation sites (N-methyl/N-ethyl adjacent to an activating group) is 2. The number of ether oxygens (including phenoxy) is 3. The Kier molecular flexibility index (Phi) is 17.3. The van der Waals surface area contributed by atoms with E-state index in [2.05, 4.69) is 60.5 Å². The molecule has 3 heterocycles. The number of Topliss-reactive ketones (excluding diaryl/α,β-unsaturated/α-hetero) is 2. The topological polar surface area (TPSA) is 203 Å². The normalized spacial score (nSPS) is 13.5. The smallest absolute Gasteiger partial charge is 0.253 e. The molecular formula is C49H48ClF2N11O7. The van der Waals surface area contributed by atoms with Crippen LogP contribution in [0.1, 0.15) is 43.9 Å². The lowest BCUT2D eigenvalue weighted by Crippen LogP contribution is -2.38. The highest BCUT2D eigenvalue weighted by Gasteiger charge is 2.25. The summed E-state index contributed by atoms with van der Waals surface area (Å²) in [6.45, 7) is 10.2. The highest BCUT2D eigenvalue weighted by Crippen LogP contribution is 2.31. The number of rotatable bonds is 17. The van der Waals surface area contributed by atoms with E-state index in [1.54, 1.807) is 30.3 Å². The molecule has 70 heavy (non-hydrogen) atoms. The average Bonchev–Trinajstić information content (AvgIpc) is 3.36. The summed E-state index contributed by atoms with van der Waals surface area (Å²) in [7, 11) is 2.98.